The lowest BCUT2D eigenvalue weighted by molar-refractivity contribution is 0.459. The van der Waals surface area contributed by atoms with Crippen molar-refractivity contribution in [2.24, 2.45) is 0 Å². The van der Waals surface area contributed by atoms with Crippen LogP contribution >= 0.6 is 0 Å². The molecular formula is HO33Si32. The van der Waals surface area contributed by atoms with Crippen molar-refractivity contribution in [3.05, 3.63) is 0 Å². The molecule has 0 heterocycles. The molecule has 0 aromatic rings. The Labute approximate surface area is 392 Å². The lowest BCUT2D eigenvalue weighted by Gasteiger charge is -1.93. The van der Waals surface area contributed by atoms with Crippen molar-refractivity contribution in [3.8, 4) is 0 Å². The van der Waals surface area contributed by atoms with Crippen LogP contribution in [0.1, 0.15) is 0 Å². The molecule has 65 heavy (non-hydrogen) atoms. The van der Waals surface area contributed by atoms with Gasteiger partial charge in [0.25, 0.3) is 0 Å². The molecule has 0 saturated carbocycles. The maximum atomic E-state index is 12.6. The van der Waals surface area contributed by atoms with Gasteiger partial charge in [0.1, 0.15) is 0 Å². The first-order chi connectivity index (χ1) is 29.6. The van der Waals surface area contributed by atoms with Crippen molar-refractivity contribution in [2.75, 3.05) is 0 Å². The molecule has 0 bridgehead atoms. The summed E-state index contributed by atoms with van der Waals surface area (Å²) in [6.07, 6.45) is 0. The standard InChI is InChI=1S/HO33Si32/c1-34-36(4)38(6)40(8)42(10)44(12)46(14)48(16)50(18)52(20)54(22)56(24)58(26)60(28)62(30)64(32)65(33)63(31)61(29)59(27)57(25)55(23)53(21)51(19)49(17)47(15)45(13)43(11)41(9)39(7)37(5)35(2)3/h2H. The van der Waals surface area contributed by atoms with Crippen molar-refractivity contribution in [1.82, 2.24) is 0 Å². The van der Waals surface area contributed by atoms with Crippen LogP contribution in [0.2, 0.25) is 0 Å². The second-order valence-electron chi connectivity index (χ2n) is 10.3. The summed E-state index contributed by atoms with van der Waals surface area (Å²) in [5.74, 6) is 0. The third-order valence-corrected chi connectivity index (χ3v) is 243. The summed E-state index contributed by atoms with van der Waals surface area (Å²) < 4.78 is 392. The second-order valence-corrected chi connectivity index (χ2v) is 159. The highest BCUT2D eigenvalue weighted by atomic mass is 30.1. The van der Waals surface area contributed by atoms with E-state index in [1.807, 2.05) is 0 Å². The topological polar surface area (TPSA) is 566 Å². The second kappa shape index (κ2) is 29.0. The highest BCUT2D eigenvalue weighted by molar-refractivity contribution is 7.85. The molecule has 65 heteroatoms. The normalized spacial score (nSPS) is 9.72. The maximum Gasteiger partial charge on any atom is 0.544 e. The third kappa shape index (κ3) is 16.7. The van der Waals surface area contributed by atoms with E-state index in [9.17, 15) is 143 Å². The summed E-state index contributed by atoms with van der Waals surface area (Å²) in [7, 11) is -141. The van der Waals surface area contributed by atoms with Crippen LogP contribution in [0.5, 0.6) is 0 Å². The Morgan fingerprint density at radius 2 is 0.262 bits per heavy atom. The van der Waals surface area contributed by atoms with E-state index in [1.54, 1.807) is 0 Å². The van der Waals surface area contributed by atoms with Gasteiger partial charge in [-0.3, -0.25) is 0 Å². The van der Waals surface area contributed by atoms with Crippen molar-refractivity contribution < 1.29 is 148 Å². The molecule has 0 unspecified atom stereocenters. The highest BCUT2D eigenvalue weighted by Gasteiger charge is 2.58. The first-order valence-electron chi connectivity index (χ1n) is 14.5. The number of hydrogen-bond acceptors (Lipinski definition) is 32. The molecule has 0 amide bonds. The summed E-state index contributed by atoms with van der Waals surface area (Å²) in [6.45, 7) is 0. The van der Waals surface area contributed by atoms with Crippen LogP contribution in [0.3, 0.4) is 0 Å². The van der Waals surface area contributed by atoms with Crippen molar-refractivity contribution >= 4 is 249 Å². The fraction of sp³-hybridized carbons (Fsp3) is 0. The highest BCUT2D eigenvalue weighted by Crippen LogP contribution is 1.91. The quantitative estimate of drug-likeness (QED) is 0.0630. The van der Waals surface area contributed by atoms with Gasteiger partial charge < -0.3 is 148 Å². The van der Waals surface area contributed by atoms with E-state index < -0.39 is 249 Å². The predicted molar refractivity (Wildman–Crippen MR) is 208 cm³/mol. The SMILES string of the molecule is O=[Si][Si](=O)[Si](=O)[Si](=O)[Si](=O)[Si](=O)[Si](=O)[Si](=O)[Si](=O)[Si](=O)[Si](=O)[Si](=O)[Si](=O)[Si](=O)[Si](=O)[Si](=O)[Si](=O)[Si](=O)[Si](=O)[Si](=O)[Si](=O)[Si](=O)[Si](=O)[Si](=O)[Si](=O)[Si](=O)[Si](=O)[Si](=O)[Si](=O)[Si](=O)[Si](=O)[Si](=O)O. The van der Waals surface area contributed by atoms with Gasteiger partial charge in [-0.15, -0.1) is 0 Å². The molecule has 0 saturated heterocycles. The zero-order chi connectivity index (χ0) is 51.6. The molecule has 33 nitrogen and oxygen atoms in total. The van der Waals surface area contributed by atoms with Crippen LogP contribution < -0.4 is 0 Å². The first kappa shape index (κ1) is 65.3. The van der Waals surface area contributed by atoms with Gasteiger partial charge in [-0.1, -0.05) is 0 Å². The van der Waals surface area contributed by atoms with E-state index in [4.69, 9.17) is 4.80 Å². The summed E-state index contributed by atoms with van der Waals surface area (Å²) in [4.78, 5) is 8.75. The largest absolute Gasteiger partial charge is 0.544 e. The Morgan fingerprint density at radius 3 is 0.354 bits per heavy atom. The molecule has 1 N–H and O–H groups in total. The fourth-order valence-corrected chi connectivity index (χ4v) is 352. The minimum atomic E-state index is -4.73. The van der Waals surface area contributed by atoms with E-state index >= 15 is 0 Å². The van der Waals surface area contributed by atoms with Gasteiger partial charge in [0.15, 0.2) is 0 Å². The lowest BCUT2D eigenvalue weighted by Crippen LogP contribution is -2.57. The molecular weight excluding hydrogens is 1430 g/mol. The van der Waals surface area contributed by atoms with Gasteiger partial charge in [0, 0.05) is 0 Å². The van der Waals surface area contributed by atoms with Crippen molar-refractivity contribution in [3.63, 3.8) is 0 Å². The minimum absolute atomic E-state index is 1.78. The van der Waals surface area contributed by atoms with Gasteiger partial charge in [-0.2, -0.15) is 0 Å². The first-order valence-corrected chi connectivity index (χ1v) is 90.0. The van der Waals surface area contributed by atoms with Crippen LogP contribution in [0.4, 0.5) is 0 Å². The summed E-state index contributed by atoms with van der Waals surface area (Å²) in [6, 6.07) is 0. The molecule has 327 valence electrons. The molecule has 1 radical (unpaired) electrons. The van der Waals surface area contributed by atoms with Gasteiger partial charge in [-0.05, 0) is 0 Å². The Bertz CT molecular complexity index is 2800. The minimum Gasteiger partial charge on any atom is -0.538 e. The Kier molecular flexibility index (Phi) is 29.2. The van der Waals surface area contributed by atoms with Crippen LogP contribution in [0, 0.1) is 0 Å². The van der Waals surface area contributed by atoms with Crippen LogP contribution in [0.15, 0.2) is 0 Å². The predicted octanol–water partition coefficient (Wildman–Crippen LogP) is -16.5. The number of hydrogen-bond donors (Lipinski definition) is 1. The summed E-state index contributed by atoms with van der Waals surface area (Å²) >= 11 is 0. The lowest BCUT2D eigenvalue weighted by atomic mass is 15.9. The monoisotopic (exact) mass is 1420 g/mol. The van der Waals surface area contributed by atoms with Crippen molar-refractivity contribution in [2.45, 2.75) is 0 Å². The summed E-state index contributed by atoms with van der Waals surface area (Å²) in [5, 5.41) is 0. The van der Waals surface area contributed by atoms with E-state index in [1.165, 1.54) is 0 Å². The van der Waals surface area contributed by atoms with E-state index in [0.717, 1.165) is 0 Å². The fourth-order valence-electron chi connectivity index (χ4n) is 3.03. The third-order valence-electron chi connectivity index (χ3n) is 6.27. The molecule has 0 aliphatic rings. The molecule has 0 aromatic carbocycles. The van der Waals surface area contributed by atoms with Crippen LogP contribution in [0.25, 0.3) is 0 Å². The molecule has 0 rings (SSSR count). The zero-order valence-corrected chi connectivity index (χ0v) is 61.5. The average Bonchev–Trinajstić information content (AvgIpc) is 3.30. The van der Waals surface area contributed by atoms with Gasteiger partial charge in [0.2, 0.25) is 0 Å². The number of rotatable bonds is 31. The summed E-state index contributed by atoms with van der Waals surface area (Å²) in [5.41, 5.74) is 0. The van der Waals surface area contributed by atoms with Gasteiger partial charge in [0.05, 0.1) is 0 Å². The zero-order valence-electron chi connectivity index (χ0n) is 29.5. The molecule has 0 atom stereocenters. The molecule has 0 aliphatic carbocycles. The van der Waals surface area contributed by atoms with Gasteiger partial charge in [-0.25, -0.2) is 0 Å². The Morgan fingerprint density at radius 1 is 0.169 bits per heavy atom. The molecule has 0 fully saturated rings. The maximum absolute atomic E-state index is 12.6. The molecule has 0 spiro atoms. The van der Waals surface area contributed by atoms with E-state index in [2.05, 4.69) is 0 Å². The van der Waals surface area contributed by atoms with Crippen LogP contribution in [-0.2, 0) is 143 Å². The van der Waals surface area contributed by atoms with Crippen molar-refractivity contribution in [1.29, 1.82) is 0 Å². The van der Waals surface area contributed by atoms with Crippen LogP contribution in [-0.4, -0.2) is 254 Å². The van der Waals surface area contributed by atoms with E-state index in [-0.39, 0.29) is 0 Å². The molecule has 0 aromatic heterocycles. The van der Waals surface area contributed by atoms with Gasteiger partial charge >= 0.3 is 249 Å². The smallest absolute Gasteiger partial charge is 0.538 e. The Balaban J connectivity index is 5.91. The van der Waals surface area contributed by atoms with E-state index in [0.29, 0.717) is 0 Å². The molecule has 0 aliphatic heterocycles. The average molecular weight is 1430 g/mol. The Hall–Kier alpha value is 0.340.